The molecule has 6 heteroatoms. The Morgan fingerprint density at radius 3 is 2.42 bits per heavy atom. The molecule has 0 aliphatic carbocycles. The molecule has 1 saturated heterocycles. The van der Waals surface area contributed by atoms with Crippen LogP contribution in [0.15, 0.2) is 58.6 Å². The second-order valence-electron chi connectivity index (χ2n) is 5.35. The quantitative estimate of drug-likeness (QED) is 0.637. The van der Waals surface area contributed by atoms with E-state index in [1.807, 2.05) is 25.1 Å². The highest BCUT2D eigenvalue weighted by Crippen LogP contribution is 2.23. The van der Waals surface area contributed by atoms with Gasteiger partial charge >= 0.3 is 6.03 Å². The molecule has 1 heterocycles. The highest BCUT2D eigenvalue weighted by Gasteiger charge is 2.36. The summed E-state index contributed by atoms with van der Waals surface area (Å²) >= 11 is 3.30. The van der Waals surface area contributed by atoms with Crippen LogP contribution in [-0.2, 0) is 9.59 Å². The van der Waals surface area contributed by atoms with E-state index in [1.54, 1.807) is 30.3 Å². The normalized spacial score (nSPS) is 16.5. The molecule has 0 unspecified atom stereocenters. The van der Waals surface area contributed by atoms with Gasteiger partial charge in [-0.05, 0) is 42.8 Å². The Hall–Kier alpha value is -2.73. The molecule has 0 aromatic heterocycles. The monoisotopic (exact) mass is 384 g/mol. The lowest BCUT2D eigenvalue weighted by Crippen LogP contribution is -2.54. The number of nitrogens with zero attached hydrogens (tertiary/aromatic N) is 1. The van der Waals surface area contributed by atoms with Gasteiger partial charge < -0.3 is 0 Å². The Morgan fingerprint density at radius 1 is 1.04 bits per heavy atom. The van der Waals surface area contributed by atoms with Gasteiger partial charge in [0, 0.05) is 4.47 Å². The first kappa shape index (κ1) is 16.1. The molecule has 0 bridgehead atoms. The second kappa shape index (κ2) is 6.41. The van der Waals surface area contributed by atoms with Crippen LogP contribution in [0.1, 0.15) is 11.1 Å². The number of imide groups is 2. The summed E-state index contributed by atoms with van der Waals surface area (Å²) in [6.07, 6.45) is 1.49. The average Bonchev–Trinajstić information content (AvgIpc) is 2.53. The number of hydrogen-bond donors (Lipinski definition) is 1. The van der Waals surface area contributed by atoms with Gasteiger partial charge in [0.2, 0.25) is 0 Å². The van der Waals surface area contributed by atoms with Crippen LogP contribution in [0.4, 0.5) is 10.5 Å². The number of halogens is 1. The van der Waals surface area contributed by atoms with Crippen LogP contribution < -0.4 is 10.2 Å². The summed E-state index contributed by atoms with van der Waals surface area (Å²) < 4.78 is 0.822. The molecule has 0 saturated carbocycles. The average molecular weight is 385 g/mol. The molecule has 0 radical (unpaired) electrons. The molecule has 2 aromatic rings. The predicted octanol–water partition coefficient (Wildman–Crippen LogP) is 3.42. The van der Waals surface area contributed by atoms with E-state index in [0.29, 0.717) is 5.69 Å². The summed E-state index contributed by atoms with van der Waals surface area (Å²) in [5, 5.41) is 2.21. The van der Waals surface area contributed by atoms with E-state index in [4.69, 9.17) is 0 Å². The zero-order chi connectivity index (χ0) is 17.3. The van der Waals surface area contributed by atoms with E-state index in [2.05, 4.69) is 21.2 Å². The van der Waals surface area contributed by atoms with Gasteiger partial charge in [-0.15, -0.1) is 0 Å². The Labute approximate surface area is 147 Å². The fourth-order valence-electron chi connectivity index (χ4n) is 2.41. The zero-order valence-electron chi connectivity index (χ0n) is 12.7. The van der Waals surface area contributed by atoms with E-state index < -0.39 is 17.8 Å². The van der Waals surface area contributed by atoms with E-state index in [-0.39, 0.29) is 5.57 Å². The van der Waals surface area contributed by atoms with E-state index in [9.17, 15) is 14.4 Å². The lowest BCUT2D eigenvalue weighted by molar-refractivity contribution is -0.122. The first-order chi connectivity index (χ1) is 11.5. The van der Waals surface area contributed by atoms with Crippen LogP contribution in [0.5, 0.6) is 0 Å². The van der Waals surface area contributed by atoms with Gasteiger partial charge in [-0.3, -0.25) is 14.9 Å². The molecule has 1 fully saturated rings. The first-order valence-corrected chi connectivity index (χ1v) is 7.99. The minimum atomic E-state index is -0.756. The number of hydrogen-bond acceptors (Lipinski definition) is 3. The van der Waals surface area contributed by atoms with E-state index >= 15 is 0 Å². The minimum absolute atomic E-state index is 0.0804. The summed E-state index contributed by atoms with van der Waals surface area (Å²) in [5.74, 6) is -1.34. The van der Waals surface area contributed by atoms with E-state index in [0.717, 1.165) is 20.5 Å². The van der Waals surface area contributed by atoms with Crippen LogP contribution in [-0.4, -0.2) is 17.8 Å². The lowest BCUT2D eigenvalue weighted by atomic mass is 10.1. The molecular weight excluding hydrogens is 372 g/mol. The molecule has 4 amide bonds. The third-order valence-electron chi connectivity index (χ3n) is 3.54. The van der Waals surface area contributed by atoms with E-state index in [1.165, 1.54) is 6.08 Å². The Morgan fingerprint density at radius 2 is 1.75 bits per heavy atom. The number of carbonyl (C=O) groups excluding carboxylic acids is 3. The molecule has 1 aliphatic heterocycles. The number of anilines is 1. The standard InChI is InChI=1S/C18H13BrN2O3/c1-11-3-2-4-12(9-11)10-15-16(22)20-18(24)21(17(15)23)14-7-5-13(19)6-8-14/h2-10H,1H3,(H,20,22,24)/b15-10+. The maximum Gasteiger partial charge on any atom is 0.335 e. The highest BCUT2D eigenvalue weighted by molar-refractivity contribution is 9.10. The SMILES string of the molecule is Cc1cccc(/C=C2\C(=O)NC(=O)N(c3ccc(Br)cc3)C2=O)c1. The third-order valence-corrected chi connectivity index (χ3v) is 4.07. The van der Waals surface area contributed by atoms with Crippen LogP contribution in [0.2, 0.25) is 0 Å². The number of aryl methyl sites for hydroxylation is 1. The smallest absolute Gasteiger partial charge is 0.273 e. The van der Waals surface area contributed by atoms with Crippen molar-refractivity contribution < 1.29 is 14.4 Å². The van der Waals surface area contributed by atoms with Gasteiger partial charge in [0.15, 0.2) is 0 Å². The summed E-state index contributed by atoms with van der Waals surface area (Å²) in [6, 6.07) is 13.3. The van der Waals surface area contributed by atoms with Crippen molar-refractivity contribution in [2.45, 2.75) is 6.92 Å². The molecular formula is C18H13BrN2O3. The van der Waals surface area contributed by atoms with Crippen LogP contribution in [0.3, 0.4) is 0 Å². The predicted molar refractivity (Wildman–Crippen MR) is 94.3 cm³/mol. The number of barbiturate groups is 1. The molecule has 1 N–H and O–H groups in total. The number of benzene rings is 2. The van der Waals surface area contributed by atoms with Crippen molar-refractivity contribution in [3.63, 3.8) is 0 Å². The van der Waals surface area contributed by atoms with Crippen molar-refractivity contribution >= 4 is 45.5 Å². The summed E-state index contributed by atoms with van der Waals surface area (Å²) in [5.41, 5.74) is 2.04. The third kappa shape index (κ3) is 3.14. The molecule has 24 heavy (non-hydrogen) atoms. The lowest BCUT2D eigenvalue weighted by Gasteiger charge is -2.26. The minimum Gasteiger partial charge on any atom is -0.273 e. The molecule has 120 valence electrons. The van der Waals surface area contributed by atoms with Gasteiger partial charge in [-0.25, -0.2) is 9.69 Å². The topological polar surface area (TPSA) is 66.5 Å². The number of rotatable bonds is 2. The Kier molecular flexibility index (Phi) is 4.31. The Bertz CT molecular complexity index is 872. The zero-order valence-corrected chi connectivity index (χ0v) is 14.3. The molecule has 0 atom stereocenters. The molecule has 5 nitrogen and oxygen atoms in total. The molecule has 1 aliphatic rings. The van der Waals surface area contributed by atoms with Crippen LogP contribution in [0, 0.1) is 6.92 Å². The molecule has 2 aromatic carbocycles. The highest BCUT2D eigenvalue weighted by atomic mass is 79.9. The van der Waals surface area contributed by atoms with Crippen molar-refractivity contribution in [2.75, 3.05) is 4.90 Å². The number of amides is 4. The van der Waals surface area contributed by atoms with Crippen molar-refractivity contribution in [3.05, 3.63) is 69.7 Å². The molecule has 0 spiro atoms. The summed E-state index contributed by atoms with van der Waals surface area (Å²) in [7, 11) is 0. The van der Waals surface area contributed by atoms with Crippen molar-refractivity contribution in [2.24, 2.45) is 0 Å². The fourth-order valence-corrected chi connectivity index (χ4v) is 2.67. The van der Waals surface area contributed by atoms with Gasteiger partial charge in [0.25, 0.3) is 11.8 Å². The van der Waals surface area contributed by atoms with Gasteiger partial charge in [0.05, 0.1) is 5.69 Å². The Balaban J connectivity index is 2.01. The maximum atomic E-state index is 12.7. The first-order valence-electron chi connectivity index (χ1n) is 7.19. The molecule has 3 rings (SSSR count). The van der Waals surface area contributed by atoms with Crippen LogP contribution in [0.25, 0.3) is 6.08 Å². The van der Waals surface area contributed by atoms with Gasteiger partial charge in [-0.2, -0.15) is 0 Å². The maximum absolute atomic E-state index is 12.7. The summed E-state index contributed by atoms with van der Waals surface area (Å²) in [6.45, 7) is 1.92. The second-order valence-corrected chi connectivity index (χ2v) is 6.26. The largest absolute Gasteiger partial charge is 0.335 e. The fraction of sp³-hybridized carbons (Fsp3) is 0.0556. The van der Waals surface area contributed by atoms with Crippen molar-refractivity contribution in [3.8, 4) is 0 Å². The van der Waals surface area contributed by atoms with Crippen molar-refractivity contribution in [1.29, 1.82) is 0 Å². The summed E-state index contributed by atoms with van der Waals surface area (Å²) in [4.78, 5) is 37.8. The number of carbonyl (C=O) groups is 3. The van der Waals surface area contributed by atoms with Gasteiger partial charge in [0.1, 0.15) is 5.57 Å². The number of urea groups is 1. The number of nitrogens with one attached hydrogen (secondary N) is 1. The van der Waals surface area contributed by atoms with Crippen molar-refractivity contribution in [1.82, 2.24) is 5.32 Å². The van der Waals surface area contributed by atoms with Gasteiger partial charge in [-0.1, -0.05) is 45.8 Å². The van der Waals surface area contributed by atoms with Crippen LogP contribution >= 0.6 is 15.9 Å².